The predicted octanol–water partition coefficient (Wildman–Crippen LogP) is 2.37. The average molecular weight is 278 g/mol. The highest BCUT2D eigenvalue weighted by Gasteiger charge is 2.42. The molecular formula is C15H22N2O3. The standard InChI is InChI=1S/C15H22N2O3/c1-11(2)20-13-5-3-12(4-6-13)17-14(19)16-9-15(10-18)7-8-15/h3-6,11,18H,7-10H2,1-2H3,(H2,16,17,19). The van der Waals surface area contributed by atoms with E-state index < -0.39 is 0 Å². The van der Waals surface area contributed by atoms with Gasteiger partial charge >= 0.3 is 6.03 Å². The lowest BCUT2D eigenvalue weighted by Crippen LogP contribution is -2.35. The molecule has 3 N–H and O–H groups in total. The van der Waals surface area contributed by atoms with Crippen LogP contribution in [0.3, 0.4) is 0 Å². The van der Waals surface area contributed by atoms with Crippen molar-refractivity contribution in [3.63, 3.8) is 0 Å². The van der Waals surface area contributed by atoms with Crippen LogP contribution in [0.1, 0.15) is 26.7 Å². The van der Waals surface area contributed by atoms with Crippen LogP contribution in [-0.2, 0) is 0 Å². The maximum Gasteiger partial charge on any atom is 0.319 e. The monoisotopic (exact) mass is 278 g/mol. The zero-order chi connectivity index (χ0) is 14.6. The summed E-state index contributed by atoms with van der Waals surface area (Å²) in [5.74, 6) is 0.781. The number of benzene rings is 1. The fourth-order valence-electron chi connectivity index (χ4n) is 1.90. The van der Waals surface area contributed by atoms with Gasteiger partial charge in [0.1, 0.15) is 5.75 Å². The van der Waals surface area contributed by atoms with Gasteiger partial charge in [-0.2, -0.15) is 0 Å². The van der Waals surface area contributed by atoms with E-state index in [1.165, 1.54) is 0 Å². The van der Waals surface area contributed by atoms with Crippen molar-refractivity contribution in [3.05, 3.63) is 24.3 Å². The Bertz CT molecular complexity index is 453. The molecule has 20 heavy (non-hydrogen) atoms. The van der Waals surface area contributed by atoms with Crippen LogP contribution in [0.4, 0.5) is 10.5 Å². The summed E-state index contributed by atoms with van der Waals surface area (Å²) in [6.07, 6.45) is 2.08. The van der Waals surface area contributed by atoms with Crippen molar-refractivity contribution >= 4 is 11.7 Å². The number of hydrogen-bond acceptors (Lipinski definition) is 3. The van der Waals surface area contributed by atoms with Gasteiger partial charge in [0, 0.05) is 17.6 Å². The minimum absolute atomic E-state index is 0.0771. The van der Waals surface area contributed by atoms with Gasteiger partial charge in [-0.05, 0) is 51.0 Å². The minimum atomic E-state index is -0.248. The van der Waals surface area contributed by atoms with Gasteiger partial charge in [-0.15, -0.1) is 0 Å². The van der Waals surface area contributed by atoms with Crippen molar-refractivity contribution in [3.8, 4) is 5.75 Å². The highest BCUT2D eigenvalue weighted by Crippen LogP contribution is 2.44. The normalized spacial score (nSPS) is 15.8. The molecule has 1 aliphatic rings. The van der Waals surface area contributed by atoms with Gasteiger partial charge < -0.3 is 20.5 Å². The number of nitrogens with one attached hydrogen (secondary N) is 2. The van der Waals surface area contributed by atoms with E-state index in [9.17, 15) is 9.90 Å². The summed E-state index contributed by atoms with van der Waals surface area (Å²) in [4.78, 5) is 11.7. The maximum atomic E-state index is 11.7. The van der Waals surface area contributed by atoms with Crippen LogP contribution >= 0.6 is 0 Å². The number of aliphatic hydroxyl groups is 1. The second-order valence-electron chi connectivity index (χ2n) is 5.66. The van der Waals surface area contributed by atoms with Crippen molar-refractivity contribution in [1.82, 2.24) is 5.32 Å². The number of hydrogen-bond donors (Lipinski definition) is 3. The molecule has 0 atom stereocenters. The van der Waals surface area contributed by atoms with Gasteiger partial charge in [-0.25, -0.2) is 4.79 Å². The van der Waals surface area contributed by atoms with E-state index in [1.807, 2.05) is 26.0 Å². The fourth-order valence-corrected chi connectivity index (χ4v) is 1.90. The highest BCUT2D eigenvalue weighted by atomic mass is 16.5. The SMILES string of the molecule is CC(C)Oc1ccc(NC(=O)NCC2(CO)CC2)cc1. The number of amides is 2. The Hall–Kier alpha value is -1.75. The molecule has 2 amide bonds. The highest BCUT2D eigenvalue weighted by molar-refractivity contribution is 5.89. The number of rotatable bonds is 6. The van der Waals surface area contributed by atoms with Crippen LogP contribution in [-0.4, -0.2) is 30.4 Å². The molecule has 0 radical (unpaired) electrons. The Kier molecular flexibility index (Phi) is 4.49. The van der Waals surface area contributed by atoms with Crippen LogP contribution in [0.15, 0.2) is 24.3 Å². The molecule has 1 aliphatic carbocycles. The topological polar surface area (TPSA) is 70.6 Å². The second kappa shape index (κ2) is 6.13. The lowest BCUT2D eigenvalue weighted by Gasteiger charge is -2.14. The van der Waals surface area contributed by atoms with E-state index in [0.29, 0.717) is 12.2 Å². The first-order chi connectivity index (χ1) is 9.53. The summed E-state index contributed by atoms with van der Waals surface area (Å²) in [5.41, 5.74) is 0.638. The van der Waals surface area contributed by atoms with Gasteiger partial charge in [0.25, 0.3) is 0 Å². The molecule has 1 fully saturated rings. The number of anilines is 1. The van der Waals surface area contributed by atoms with E-state index in [4.69, 9.17) is 4.74 Å². The van der Waals surface area contributed by atoms with Crippen molar-refractivity contribution < 1.29 is 14.6 Å². The Morgan fingerprint density at radius 2 is 2.00 bits per heavy atom. The predicted molar refractivity (Wildman–Crippen MR) is 78.0 cm³/mol. The molecule has 1 aromatic rings. The van der Waals surface area contributed by atoms with E-state index in [-0.39, 0.29) is 24.2 Å². The number of aliphatic hydroxyl groups excluding tert-OH is 1. The van der Waals surface area contributed by atoms with Gasteiger partial charge in [-0.1, -0.05) is 0 Å². The molecule has 0 bridgehead atoms. The maximum absolute atomic E-state index is 11.7. The first-order valence-corrected chi connectivity index (χ1v) is 6.95. The first kappa shape index (κ1) is 14.7. The molecule has 0 unspecified atom stereocenters. The van der Waals surface area contributed by atoms with E-state index in [1.54, 1.807) is 12.1 Å². The van der Waals surface area contributed by atoms with Crippen LogP contribution in [0, 0.1) is 5.41 Å². The van der Waals surface area contributed by atoms with E-state index in [0.717, 1.165) is 18.6 Å². The lowest BCUT2D eigenvalue weighted by atomic mass is 10.1. The third-order valence-electron chi connectivity index (χ3n) is 3.40. The molecule has 110 valence electrons. The van der Waals surface area contributed by atoms with Crippen molar-refractivity contribution in [2.75, 3.05) is 18.5 Å². The molecule has 0 aromatic heterocycles. The molecule has 0 aliphatic heterocycles. The Morgan fingerprint density at radius 3 is 2.50 bits per heavy atom. The molecular weight excluding hydrogens is 256 g/mol. The van der Waals surface area contributed by atoms with Crippen LogP contribution < -0.4 is 15.4 Å². The van der Waals surface area contributed by atoms with Gasteiger partial charge in [0.05, 0.1) is 12.7 Å². The van der Waals surface area contributed by atoms with Gasteiger partial charge in [0.15, 0.2) is 0 Å². The van der Waals surface area contributed by atoms with Gasteiger partial charge in [-0.3, -0.25) is 0 Å². The molecule has 2 rings (SSSR count). The molecule has 1 saturated carbocycles. The lowest BCUT2D eigenvalue weighted by molar-refractivity contribution is 0.206. The van der Waals surface area contributed by atoms with E-state index in [2.05, 4.69) is 10.6 Å². The number of urea groups is 1. The molecule has 5 heteroatoms. The Balaban J connectivity index is 1.79. The number of ether oxygens (including phenoxy) is 1. The summed E-state index contributed by atoms with van der Waals surface area (Å²) in [5, 5.41) is 14.7. The third-order valence-corrected chi connectivity index (χ3v) is 3.40. The molecule has 5 nitrogen and oxygen atoms in total. The fraction of sp³-hybridized carbons (Fsp3) is 0.533. The quantitative estimate of drug-likeness (QED) is 0.748. The molecule has 1 aromatic carbocycles. The van der Waals surface area contributed by atoms with Crippen LogP contribution in [0.5, 0.6) is 5.75 Å². The Labute approximate surface area is 119 Å². The average Bonchev–Trinajstić information content (AvgIpc) is 3.19. The van der Waals surface area contributed by atoms with Crippen LogP contribution in [0.2, 0.25) is 0 Å². The van der Waals surface area contributed by atoms with Crippen molar-refractivity contribution in [1.29, 1.82) is 0 Å². The summed E-state index contributed by atoms with van der Waals surface area (Å²) in [7, 11) is 0. The van der Waals surface area contributed by atoms with Crippen LogP contribution in [0.25, 0.3) is 0 Å². The van der Waals surface area contributed by atoms with Gasteiger partial charge in [0.2, 0.25) is 0 Å². The smallest absolute Gasteiger partial charge is 0.319 e. The summed E-state index contributed by atoms with van der Waals surface area (Å²) in [6.45, 7) is 4.58. The van der Waals surface area contributed by atoms with Crippen molar-refractivity contribution in [2.24, 2.45) is 5.41 Å². The summed E-state index contributed by atoms with van der Waals surface area (Å²) < 4.78 is 5.53. The summed E-state index contributed by atoms with van der Waals surface area (Å²) in [6, 6.07) is 7.01. The molecule has 0 heterocycles. The Morgan fingerprint density at radius 1 is 1.35 bits per heavy atom. The zero-order valence-corrected chi connectivity index (χ0v) is 12.0. The van der Waals surface area contributed by atoms with Crippen molar-refractivity contribution in [2.45, 2.75) is 32.8 Å². The molecule has 0 spiro atoms. The number of carbonyl (C=O) groups excluding carboxylic acids is 1. The molecule has 0 saturated heterocycles. The van der Waals surface area contributed by atoms with E-state index >= 15 is 0 Å². The largest absolute Gasteiger partial charge is 0.491 e. The minimum Gasteiger partial charge on any atom is -0.491 e. The summed E-state index contributed by atoms with van der Waals surface area (Å²) >= 11 is 0. The first-order valence-electron chi connectivity index (χ1n) is 6.95. The third kappa shape index (κ3) is 4.13. The zero-order valence-electron chi connectivity index (χ0n) is 12.0. The second-order valence-corrected chi connectivity index (χ2v) is 5.66. The number of carbonyl (C=O) groups is 1.